The summed E-state index contributed by atoms with van der Waals surface area (Å²) in [6.07, 6.45) is 0. The molecule has 1 N–H and O–H groups in total. The van der Waals surface area contributed by atoms with Gasteiger partial charge in [-0.05, 0) is 41.8 Å². The maximum absolute atomic E-state index is 12.9. The molecule has 1 heterocycles. The molecule has 0 atom stereocenters. The van der Waals surface area contributed by atoms with Crippen LogP contribution in [0, 0.1) is 0 Å². The van der Waals surface area contributed by atoms with Gasteiger partial charge in [-0.25, -0.2) is 8.42 Å². The van der Waals surface area contributed by atoms with Crippen molar-refractivity contribution < 1.29 is 22.7 Å². The Bertz CT molecular complexity index is 987. The summed E-state index contributed by atoms with van der Waals surface area (Å²) in [4.78, 5) is 12.2. The highest BCUT2D eigenvalue weighted by molar-refractivity contribution is 7.89. The van der Waals surface area contributed by atoms with Crippen LogP contribution in [0.4, 0.5) is 5.69 Å². The predicted molar refractivity (Wildman–Crippen MR) is 116 cm³/mol. The van der Waals surface area contributed by atoms with Crippen LogP contribution in [-0.4, -0.2) is 51.5 Å². The zero-order valence-electron chi connectivity index (χ0n) is 16.9. The Morgan fingerprint density at radius 2 is 1.83 bits per heavy atom. The number of rotatable bonds is 7. The lowest BCUT2D eigenvalue weighted by Crippen LogP contribution is -2.40. The summed E-state index contributed by atoms with van der Waals surface area (Å²) in [5, 5.41) is 2.75. The lowest BCUT2D eigenvalue weighted by atomic mass is 10.0. The van der Waals surface area contributed by atoms with Crippen LogP contribution in [0.3, 0.4) is 0 Å². The minimum absolute atomic E-state index is 0.0472. The number of morpholine rings is 1. The van der Waals surface area contributed by atoms with Gasteiger partial charge in [0, 0.05) is 18.8 Å². The standard InChI is InChI=1S/C21H25ClN2O5S/c1-15(2)16-3-6-18(7-4-16)29-14-21(25)23-17-5-8-19(22)20(13-17)30(26,27)24-9-11-28-12-10-24/h3-8,13,15H,9-12,14H2,1-2H3,(H,23,25). The number of nitrogens with one attached hydrogen (secondary N) is 1. The first-order chi connectivity index (χ1) is 14.3. The number of anilines is 1. The molecule has 1 aliphatic rings. The monoisotopic (exact) mass is 452 g/mol. The van der Waals surface area contributed by atoms with E-state index in [4.69, 9.17) is 21.1 Å². The average molecular weight is 453 g/mol. The first-order valence-corrected chi connectivity index (χ1v) is 11.5. The van der Waals surface area contributed by atoms with Crippen molar-refractivity contribution >= 4 is 33.2 Å². The molecule has 0 saturated carbocycles. The molecule has 3 rings (SSSR count). The normalized spacial score (nSPS) is 15.2. The van der Waals surface area contributed by atoms with Crippen LogP contribution in [0.5, 0.6) is 5.75 Å². The molecule has 162 valence electrons. The SMILES string of the molecule is CC(C)c1ccc(OCC(=O)Nc2ccc(Cl)c(S(=O)(=O)N3CCOCC3)c2)cc1. The minimum Gasteiger partial charge on any atom is -0.484 e. The van der Waals surface area contributed by atoms with Crippen molar-refractivity contribution in [1.29, 1.82) is 0 Å². The number of benzene rings is 2. The summed E-state index contributed by atoms with van der Waals surface area (Å²) in [7, 11) is -3.78. The van der Waals surface area contributed by atoms with Crippen LogP contribution in [-0.2, 0) is 19.6 Å². The third-order valence-electron chi connectivity index (χ3n) is 4.72. The van der Waals surface area contributed by atoms with Crippen LogP contribution in [0.25, 0.3) is 0 Å². The molecular weight excluding hydrogens is 428 g/mol. The Morgan fingerprint density at radius 3 is 2.47 bits per heavy atom. The molecule has 1 amide bonds. The zero-order valence-corrected chi connectivity index (χ0v) is 18.5. The number of sulfonamides is 1. The van der Waals surface area contributed by atoms with E-state index in [1.54, 1.807) is 6.07 Å². The Hall–Kier alpha value is -2.13. The van der Waals surface area contributed by atoms with E-state index >= 15 is 0 Å². The summed E-state index contributed by atoms with van der Waals surface area (Å²) in [5.41, 5.74) is 1.51. The highest BCUT2D eigenvalue weighted by Gasteiger charge is 2.28. The molecule has 2 aromatic carbocycles. The number of hydrogen-bond donors (Lipinski definition) is 1. The molecule has 0 radical (unpaired) electrons. The molecule has 0 spiro atoms. The highest BCUT2D eigenvalue weighted by atomic mass is 35.5. The third-order valence-corrected chi connectivity index (χ3v) is 7.10. The first kappa shape index (κ1) is 22.6. The van der Waals surface area contributed by atoms with Crippen molar-refractivity contribution in [1.82, 2.24) is 4.31 Å². The number of amides is 1. The maximum atomic E-state index is 12.9. The molecule has 1 fully saturated rings. The van der Waals surface area contributed by atoms with E-state index < -0.39 is 15.9 Å². The summed E-state index contributed by atoms with van der Waals surface area (Å²) in [5.74, 6) is 0.594. The third kappa shape index (κ3) is 5.51. The van der Waals surface area contributed by atoms with Crippen LogP contribution in [0.15, 0.2) is 47.4 Å². The highest BCUT2D eigenvalue weighted by Crippen LogP contribution is 2.28. The summed E-state index contributed by atoms with van der Waals surface area (Å²) >= 11 is 6.14. The van der Waals surface area contributed by atoms with E-state index in [-0.39, 0.29) is 29.6 Å². The molecule has 30 heavy (non-hydrogen) atoms. The Morgan fingerprint density at radius 1 is 1.17 bits per heavy atom. The fraction of sp³-hybridized carbons (Fsp3) is 0.381. The quantitative estimate of drug-likeness (QED) is 0.694. The second-order valence-electron chi connectivity index (χ2n) is 7.22. The van der Waals surface area contributed by atoms with E-state index in [0.29, 0.717) is 30.6 Å². The van der Waals surface area contributed by atoms with Gasteiger partial charge in [0.25, 0.3) is 5.91 Å². The topological polar surface area (TPSA) is 84.9 Å². The van der Waals surface area contributed by atoms with Crippen molar-refractivity contribution in [2.75, 3.05) is 38.2 Å². The van der Waals surface area contributed by atoms with Gasteiger partial charge in [0.15, 0.2) is 6.61 Å². The van der Waals surface area contributed by atoms with Gasteiger partial charge in [-0.2, -0.15) is 4.31 Å². The predicted octanol–water partition coefficient (Wildman–Crippen LogP) is 3.50. The molecule has 2 aromatic rings. The second-order valence-corrected chi connectivity index (χ2v) is 9.54. The van der Waals surface area contributed by atoms with Crippen molar-refractivity contribution in [2.45, 2.75) is 24.7 Å². The van der Waals surface area contributed by atoms with Crippen LogP contribution in [0.2, 0.25) is 5.02 Å². The van der Waals surface area contributed by atoms with Crippen molar-refractivity contribution in [3.63, 3.8) is 0 Å². The average Bonchev–Trinajstić information content (AvgIpc) is 2.74. The molecule has 0 bridgehead atoms. The van der Waals surface area contributed by atoms with Gasteiger partial charge >= 0.3 is 0 Å². The van der Waals surface area contributed by atoms with Gasteiger partial charge in [0.2, 0.25) is 10.0 Å². The van der Waals surface area contributed by atoms with Gasteiger partial charge in [0.1, 0.15) is 10.6 Å². The van der Waals surface area contributed by atoms with Crippen molar-refractivity contribution in [2.24, 2.45) is 0 Å². The minimum atomic E-state index is -3.78. The number of carbonyl (C=O) groups is 1. The van der Waals surface area contributed by atoms with Gasteiger partial charge in [-0.15, -0.1) is 0 Å². The lowest BCUT2D eigenvalue weighted by Gasteiger charge is -2.26. The fourth-order valence-electron chi connectivity index (χ4n) is 3.00. The van der Waals surface area contributed by atoms with E-state index in [1.165, 1.54) is 22.0 Å². The lowest BCUT2D eigenvalue weighted by molar-refractivity contribution is -0.118. The summed E-state index contributed by atoms with van der Waals surface area (Å²) in [6, 6.07) is 11.9. The van der Waals surface area contributed by atoms with Crippen molar-refractivity contribution in [3.8, 4) is 5.75 Å². The Balaban J connectivity index is 1.65. The molecular formula is C21H25ClN2O5S. The smallest absolute Gasteiger partial charge is 0.262 e. The van der Waals surface area contributed by atoms with Gasteiger partial charge in [0.05, 0.1) is 18.2 Å². The van der Waals surface area contributed by atoms with Gasteiger partial charge < -0.3 is 14.8 Å². The van der Waals surface area contributed by atoms with E-state index in [1.807, 2.05) is 24.3 Å². The molecule has 1 saturated heterocycles. The van der Waals surface area contributed by atoms with Gasteiger partial charge in [-0.1, -0.05) is 37.6 Å². The van der Waals surface area contributed by atoms with Crippen molar-refractivity contribution in [3.05, 3.63) is 53.1 Å². The van der Waals surface area contributed by atoms with Crippen LogP contribution in [0.1, 0.15) is 25.3 Å². The Labute approximate surface area is 182 Å². The largest absolute Gasteiger partial charge is 0.484 e. The van der Waals surface area contributed by atoms with E-state index in [0.717, 1.165) is 0 Å². The maximum Gasteiger partial charge on any atom is 0.262 e. The number of carbonyl (C=O) groups excluding carboxylic acids is 1. The zero-order chi connectivity index (χ0) is 21.7. The van der Waals surface area contributed by atoms with E-state index in [2.05, 4.69) is 19.2 Å². The Kier molecular flexibility index (Phi) is 7.36. The number of nitrogens with zero attached hydrogens (tertiary/aromatic N) is 1. The first-order valence-electron chi connectivity index (χ1n) is 9.67. The number of halogens is 1. The van der Waals surface area contributed by atoms with Gasteiger partial charge in [-0.3, -0.25) is 4.79 Å². The second kappa shape index (κ2) is 9.78. The summed E-state index contributed by atoms with van der Waals surface area (Å²) in [6.45, 7) is 5.20. The molecule has 0 aliphatic carbocycles. The molecule has 1 aliphatic heterocycles. The van der Waals surface area contributed by atoms with E-state index in [9.17, 15) is 13.2 Å². The van der Waals surface area contributed by atoms with Crippen LogP contribution < -0.4 is 10.1 Å². The summed E-state index contributed by atoms with van der Waals surface area (Å²) < 4.78 is 37.8. The molecule has 0 aromatic heterocycles. The molecule has 7 nitrogen and oxygen atoms in total. The number of hydrogen-bond acceptors (Lipinski definition) is 5. The number of ether oxygens (including phenoxy) is 2. The molecule has 0 unspecified atom stereocenters. The molecule has 9 heteroatoms. The fourth-order valence-corrected chi connectivity index (χ4v) is 4.91. The van der Waals surface area contributed by atoms with Crippen LogP contribution >= 0.6 is 11.6 Å².